The summed E-state index contributed by atoms with van der Waals surface area (Å²) in [7, 11) is 6.54. The molecule has 0 radical (unpaired) electrons. The van der Waals surface area contributed by atoms with E-state index in [-0.39, 0.29) is 11.6 Å². The fraction of sp³-hybridized carbons (Fsp3) is 1.00. The third-order valence-electron chi connectivity index (χ3n) is 0.949. The van der Waals surface area contributed by atoms with Crippen LogP contribution in [0.25, 0.3) is 0 Å². The van der Waals surface area contributed by atoms with Crippen LogP contribution in [0.1, 0.15) is 6.92 Å². The minimum atomic E-state index is 0. The highest BCUT2D eigenvalue weighted by molar-refractivity contribution is 4.06. The lowest BCUT2D eigenvalue weighted by Crippen LogP contribution is -2.33. The highest BCUT2D eigenvalue weighted by Gasteiger charge is 1.97. The van der Waals surface area contributed by atoms with Gasteiger partial charge in [0.2, 0.25) is 0 Å². The molecule has 0 saturated carbocycles. The predicted octanol–water partition coefficient (Wildman–Crippen LogP) is 0.0498. The molecule has 54 valence electrons. The lowest BCUT2D eigenvalue weighted by Gasteiger charge is -2.20. The molecular weight excluding hydrogens is 104 g/mol. The minimum absolute atomic E-state index is 0. The summed E-state index contributed by atoms with van der Waals surface area (Å²) in [6, 6.07) is 0. The Morgan fingerprint density at radius 1 is 1.12 bits per heavy atom. The molecule has 0 bridgehead atoms. The molecule has 0 aromatic carbocycles. The molecule has 0 fully saturated rings. The average Bonchev–Trinajstić information content (AvgIpc) is 1.35. The van der Waals surface area contributed by atoms with E-state index >= 15 is 0 Å². The maximum atomic E-state index is 2.18. The van der Waals surface area contributed by atoms with Gasteiger partial charge in [-0.1, -0.05) is 0 Å². The van der Waals surface area contributed by atoms with Crippen LogP contribution in [-0.2, 0) is 0 Å². The average molecular weight is 123 g/mol. The summed E-state index contributed by atoms with van der Waals surface area (Å²) >= 11 is 0. The number of quaternary nitrogens is 1. The summed E-state index contributed by atoms with van der Waals surface area (Å²) < 4.78 is 1.07. The van der Waals surface area contributed by atoms with Crippen LogP contribution in [0.5, 0.6) is 0 Å². The summed E-state index contributed by atoms with van der Waals surface area (Å²) in [5, 5.41) is 0. The lowest BCUT2D eigenvalue weighted by molar-refractivity contribution is -0.868. The zero-order valence-corrected chi connectivity index (χ0v) is 6.36. The van der Waals surface area contributed by atoms with E-state index in [1.54, 1.807) is 0 Å². The first-order chi connectivity index (χ1) is 2.56. The monoisotopic (exact) mass is 123 g/mol. The van der Waals surface area contributed by atoms with Gasteiger partial charge in [0.15, 0.2) is 0 Å². The molecule has 5 N–H and O–H groups in total. The molecule has 0 aromatic rings. The third-order valence-corrected chi connectivity index (χ3v) is 0.949. The van der Waals surface area contributed by atoms with Gasteiger partial charge in [-0.3, -0.25) is 0 Å². The van der Waals surface area contributed by atoms with Crippen LogP contribution in [0.15, 0.2) is 0 Å². The first-order valence-electron chi connectivity index (χ1n) is 2.36. The maximum Gasteiger partial charge on any atom is 0.0751 e. The van der Waals surface area contributed by atoms with Crippen molar-refractivity contribution in [1.29, 1.82) is 0 Å². The molecule has 0 heterocycles. The smallest absolute Gasteiger partial charge is 0.0751 e. The minimum Gasteiger partial charge on any atom is -0.412 e. The third kappa shape index (κ3) is 16.9. The summed E-state index contributed by atoms with van der Waals surface area (Å²) in [6.07, 6.45) is 0. The van der Waals surface area contributed by atoms with E-state index in [0.29, 0.717) is 0 Å². The Labute approximate surface area is 51.8 Å². The Morgan fingerprint density at radius 2 is 1.25 bits per heavy atom. The molecule has 0 aliphatic heterocycles. The fourth-order valence-corrected chi connectivity index (χ4v) is 0. The zero-order valence-electron chi connectivity index (χ0n) is 6.36. The second kappa shape index (κ2) is 5.03. The molecule has 0 rings (SSSR count). The van der Waals surface area contributed by atoms with Crippen molar-refractivity contribution in [2.75, 3.05) is 27.7 Å². The van der Waals surface area contributed by atoms with Crippen molar-refractivity contribution in [1.82, 2.24) is 6.15 Å². The van der Waals surface area contributed by atoms with Gasteiger partial charge in [-0.15, -0.1) is 0 Å². The van der Waals surface area contributed by atoms with Gasteiger partial charge in [0.1, 0.15) is 0 Å². The lowest BCUT2D eigenvalue weighted by atomic mass is 10.6. The van der Waals surface area contributed by atoms with Crippen molar-refractivity contribution >= 4 is 0 Å². The Hall–Kier alpha value is -0.120. The molecule has 8 heavy (non-hydrogen) atoms. The Bertz CT molecular complexity index is 40.2. The molecule has 0 spiro atoms. The van der Waals surface area contributed by atoms with Gasteiger partial charge in [-0.05, 0) is 6.92 Å². The second-order valence-electron chi connectivity index (χ2n) is 2.61. The number of nitrogens with zero attached hydrogens (tertiary/aromatic N) is 1. The Morgan fingerprint density at radius 3 is 1.25 bits per heavy atom. The van der Waals surface area contributed by atoms with Gasteiger partial charge < -0.3 is 16.1 Å². The quantitative estimate of drug-likeness (QED) is 0.492. The number of hydrogen-bond donors (Lipinski definition) is 1. The molecule has 0 aromatic heterocycles. The van der Waals surface area contributed by atoms with Gasteiger partial charge in [0.25, 0.3) is 0 Å². The van der Waals surface area contributed by atoms with Crippen molar-refractivity contribution in [3.8, 4) is 0 Å². The predicted molar refractivity (Wildman–Crippen MR) is 37.2 cm³/mol. The first-order valence-corrected chi connectivity index (χ1v) is 2.36. The second-order valence-corrected chi connectivity index (χ2v) is 2.61. The van der Waals surface area contributed by atoms with Crippen molar-refractivity contribution in [2.45, 2.75) is 6.92 Å². The Kier molecular flexibility index (Phi) is 9.84. The number of hydrogen-bond acceptors (Lipinski definition) is 1. The molecule has 0 unspecified atom stereocenters. The summed E-state index contributed by atoms with van der Waals surface area (Å²) in [4.78, 5) is 0. The van der Waals surface area contributed by atoms with Crippen molar-refractivity contribution in [2.24, 2.45) is 0 Å². The van der Waals surface area contributed by atoms with E-state index < -0.39 is 0 Å². The normalized spacial score (nSPS) is 9.00. The summed E-state index contributed by atoms with van der Waals surface area (Å²) in [5.41, 5.74) is 0. The fourth-order valence-electron chi connectivity index (χ4n) is 0. The molecule has 0 amide bonds. The molecule has 0 aliphatic rings. The molecule has 3 nitrogen and oxygen atoms in total. The largest absolute Gasteiger partial charge is 0.412 e. The van der Waals surface area contributed by atoms with Crippen LogP contribution >= 0.6 is 0 Å². The highest BCUT2D eigenvalue weighted by atomic mass is 16.0. The van der Waals surface area contributed by atoms with Gasteiger partial charge >= 0.3 is 0 Å². The van der Waals surface area contributed by atoms with Gasteiger partial charge in [-0.25, -0.2) is 0 Å². The van der Waals surface area contributed by atoms with Crippen LogP contribution < -0.4 is 6.15 Å². The van der Waals surface area contributed by atoms with Crippen molar-refractivity contribution < 1.29 is 9.96 Å². The van der Waals surface area contributed by atoms with Gasteiger partial charge in [-0.2, -0.15) is 0 Å². The SMILES string of the molecule is CC[N+](C)(C)C.N.O. The Balaban J connectivity index is -0.000000125. The van der Waals surface area contributed by atoms with Crippen LogP contribution in [0.2, 0.25) is 0 Å². The molecular formula is C5H19N2O+. The van der Waals surface area contributed by atoms with E-state index in [1.165, 1.54) is 6.54 Å². The zero-order chi connectivity index (χ0) is 5.21. The molecule has 3 heteroatoms. The number of rotatable bonds is 1. The standard InChI is InChI=1S/C5H14N.H3N.H2O/c1-5-6(2,3)4;;/h5H2,1-4H3;1H3;1H2/q+1;;. The van der Waals surface area contributed by atoms with Gasteiger partial charge in [0, 0.05) is 0 Å². The van der Waals surface area contributed by atoms with Crippen molar-refractivity contribution in [3.63, 3.8) is 0 Å². The van der Waals surface area contributed by atoms with E-state index in [0.717, 1.165) is 4.48 Å². The summed E-state index contributed by atoms with van der Waals surface area (Å²) in [6.45, 7) is 3.39. The summed E-state index contributed by atoms with van der Waals surface area (Å²) in [5.74, 6) is 0. The maximum absolute atomic E-state index is 2.18. The molecule has 0 atom stereocenters. The highest BCUT2D eigenvalue weighted by Crippen LogP contribution is 1.83. The van der Waals surface area contributed by atoms with Crippen LogP contribution in [0.4, 0.5) is 0 Å². The first kappa shape index (κ1) is 15.7. The van der Waals surface area contributed by atoms with Crippen molar-refractivity contribution in [3.05, 3.63) is 0 Å². The van der Waals surface area contributed by atoms with E-state index in [9.17, 15) is 0 Å². The van der Waals surface area contributed by atoms with Crippen LogP contribution in [0, 0.1) is 0 Å². The molecule has 0 saturated heterocycles. The van der Waals surface area contributed by atoms with Crippen LogP contribution in [-0.4, -0.2) is 37.6 Å². The van der Waals surface area contributed by atoms with E-state index in [2.05, 4.69) is 28.1 Å². The van der Waals surface area contributed by atoms with E-state index in [4.69, 9.17) is 0 Å². The van der Waals surface area contributed by atoms with E-state index in [1.807, 2.05) is 0 Å². The topological polar surface area (TPSA) is 66.5 Å². The van der Waals surface area contributed by atoms with Crippen LogP contribution in [0.3, 0.4) is 0 Å². The molecule has 0 aliphatic carbocycles. The van der Waals surface area contributed by atoms with Gasteiger partial charge in [0.05, 0.1) is 27.7 Å².